The number of fused-ring (bicyclic) bond motifs is 3. The quantitative estimate of drug-likeness (QED) is 0.597. The summed E-state index contributed by atoms with van der Waals surface area (Å²) in [5, 5.41) is 2.02. The van der Waals surface area contributed by atoms with E-state index in [1.165, 1.54) is 6.92 Å². The van der Waals surface area contributed by atoms with Crippen molar-refractivity contribution in [3.63, 3.8) is 0 Å². The number of hydrogen-bond donors (Lipinski definition) is 1. The number of aromatic nitrogens is 1. The summed E-state index contributed by atoms with van der Waals surface area (Å²) < 4.78 is 17.7. The van der Waals surface area contributed by atoms with Crippen LogP contribution in [0.3, 0.4) is 0 Å². The van der Waals surface area contributed by atoms with E-state index in [0.717, 1.165) is 37.4 Å². The van der Waals surface area contributed by atoms with E-state index >= 15 is 0 Å². The van der Waals surface area contributed by atoms with Gasteiger partial charge in [-0.15, -0.1) is 0 Å². The van der Waals surface area contributed by atoms with Crippen LogP contribution in [-0.2, 0) is 16.0 Å². The SMILES string of the molecule is COc1c(C)c(C[C@@H](C)OC(C)=O)c2[nH]c3ccc(Br)cc3c2c1OC. The average Bonchev–Trinajstić information content (AvgIpc) is 2.94. The van der Waals surface area contributed by atoms with Crippen molar-refractivity contribution in [2.45, 2.75) is 33.3 Å². The van der Waals surface area contributed by atoms with Gasteiger partial charge in [-0.1, -0.05) is 15.9 Å². The third kappa shape index (κ3) is 3.14. The van der Waals surface area contributed by atoms with Gasteiger partial charge >= 0.3 is 5.97 Å². The minimum atomic E-state index is -0.285. The van der Waals surface area contributed by atoms with Crippen molar-refractivity contribution in [3.05, 3.63) is 33.8 Å². The standard InChI is InChI=1S/C20H22BrNO4/c1-10(26-12(3)23)8-14-11(2)19(24-4)20(25-5)17-15-9-13(21)6-7-16(15)22-18(14)17/h6-7,9-10,22H,8H2,1-5H3/t10-/m1/s1. The zero-order valence-electron chi connectivity index (χ0n) is 15.5. The maximum atomic E-state index is 11.3. The first-order valence-electron chi connectivity index (χ1n) is 8.38. The van der Waals surface area contributed by atoms with Gasteiger partial charge in [-0.25, -0.2) is 0 Å². The lowest BCUT2D eigenvalue weighted by Crippen LogP contribution is -2.16. The minimum absolute atomic E-state index is 0.245. The molecule has 0 unspecified atom stereocenters. The van der Waals surface area contributed by atoms with Crippen molar-refractivity contribution >= 4 is 43.7 Å². The molecule has 1 atom stereocenters. The third-order valence-corrected chi connectivity index (χ3v) is 5.05. The van der Waals surface area contributed by atoms with Gasteiger partial charge in [-0.2, -0.15) is 0 Å². The largest absolute Gasteiger partial charge is 0.493 e. The fourth-order valence-electron chi connectivity index (χ4n) is 3.54. The molecule has 0 spiro atoms. The Morgan fingerprint density at radius 3 is 2.54 bits per heavy atom. The van der Waals surface area contributed by atoms with E-state index in [1.54, 1.807) is 14.2 Å². The summed E-state index contributed by atoms with van der Waals surface area (Å²) in [7, 11) is 3.29. The highest BCUT2D eigenvalue weighted by molar-refractivity contribution is 9.10. The summed E-state index contributed by atoms with van der Waals surface area (Å²) in [5.41, 5.74) is 4.02. The van der Waals surface area contributed by atoms with Gasteiger partial charge in [0.05, 0.1) is 25.1 Å². The Labute approximate surface area is 160 Å². The first-order chi connectivity index (χ1) is 12.4. The van der Waals surface area contributed by atoms with Gasteiger partial charge in [0.25, 0.3) is 0 Å². The van der Waals surface area contributed by atoms with Crippen LogP contribution in [-0.4, -0.2) is 31.3 Å². The number of carbonyl (C=O) groups is 1. The van der Waals surface area contributed by atoms with Crippen LogP contribution in [0.1, 0.15) is 25.0 Å². The first kappa shape index (κ1) is 18.6. The monoisotopic (exact) mass is 419 g/mol. The molecule has 0 saturated heterocycles. The molecule has 1 heterocycles. The summed E-state index contributed by atoms with van der Waals surface area (Å²) in [4.78, 5) is 14.8. The molecule has 5 nitrogen and oxygen atoms in total. The average molecular weight is 420 g/mol. The number of ether oxygens (including phenoxy) is 3. The van der Waals surface area contributed by atoms with Gasteiger partial charge in [0, 0.05) is 34.3 Å². The molecule has 2 aromatic carbocycles. The molecule has 3 aromatic rings. The zero-order chi connectivity index (χ0) is 19.0. The molecular weight excluding hydrogens is 398 g/mol. The Morgan fingerprint density at radius 2 is 1.92 bits per heavy atom. The molecule has 3 rings (SSSR count). The number of methoxy groups -OCH3 is 2. The third-order valence-electron chi connectivity index (χ3n) is 4.56. The Morgan fingerprint density at radius 1 is 1.23 bits per heavy atom. The number of halogens is 1. The number of H-pyrrole nitrogens is 1. The molecule has 0 radical (unpaired) electrons. The molecule has 0 fully saturated rings. The van der Waals surface area contributed by atoms with Gasteiger partial charge in [0.2, 0.25) is 0 Å². The van der Waals surface area contributed by atoms with Gasteiger partial charge in [0.1, 0.15) is 6.10 Å². The highest BCUT2D eigenvalue weighted by atomic mass is 79.9. The molecule has 0 bridgehead atoms. The molecule has 0 aliphatic heterocycles. The summed E-state index contributed by atoms with van der Waals surface area (Å²) in [6, 6.07) is 6.08. The van der Waals surface area contributed by atoms with E-state index in [4.69, 9.17) is 14.2 Å². The Bertz CT molecular complexity index is 993. The van der Waals surface area contributed by atoms with Crippen molar-refractivity contribution in [2.75, 3.05) is 14.2 Å². The van der Waals surface area contributed by atoms with Crippen LogP contribution in [0.4, 0.5) is 0 Å². The van der Waals surface area contributed by atoms with Crippen molar-refractivity contribution in [1.29, 1.82) is 0 Å². The second kappa shape index (κ2) is 7.19. The highest BCUT2D eigenvalue weighted by Crippen LogP contribution is 2.45. The van der Waals surface area contributed by atoms with Crippen LogP contribution >= 0.6 is 15.9 Å². The lowest BCUT2D eigenvalue weighted by atomic mass is 9.97. The topological polar surface area (TPSA) is 60.5 Å². The van der Waals surface area contributed by atoms with Crippen LogP contribution in [0.15, 0.2) is 22.7 Å². The van der Waals surface area contributed by atoms with Crippen LogP contribution < -0.4 is 9.47 Å². The lowest BCUT2D eigenvalue weighted by Gasteiger charge is -2.19. The Balaban J connectivity index is 2.34. The second-order valence-corrected chi connectivity index (χ2v) is 7.27. The second-order valence-electron chi connectivity index (χ2n) is 6.36. The van der Waals surface area contributed by atoms with Crippen LogP contribution in [0.2, 0.25) is 0 Å². The molecule has 1 aromatic heterocycles. The molecule has 6 heteroatoms. The molecule has 26 heavy (non-hydrogen) atoms. The van der Waals surface area contributed by atoms with Crippen molar-refractivity contribution in [1.82, 2.24) is 4.98 Å². The van der Waals surface area contributed by atoms with E-state index < -0.39 is 0 Å². The van der Waals surface area contributed by atoms with Crippen LogP contribution in [0, 0.1) is 6.92 Å². The summed E-state index contributed by atoms with van der Waals surface area (Å²) in [6.45, 7) is 5.31. The molecule has 138 valence electrons. The number of carbonyl (C=O) groups excluding carboxylic acids is 1. The van der Waals surface area contributed by atoms with E-state index in [2.05, 4.69) is 27.0 Å². The molecule has 0 amide bonds. The summed E-state index contributed by atoms with van der Waals surface area (Å²) >= 11 is 3.54. The fraction of sp³-hybridized carbons (Fsp3) is 0.350. The first-order valence-corrected chi connectivity index (χ1v) is 9.18. The maximum Gasteiger partial charge on any atom is 0.302 e. The van der Waals surface area contributed by atoms with Gasteiger partial charge in [-0.05, 0) is 37.6 Å². The number of rotatable bonds is 5. The van der Waals surface area contributed by atoms with E-state index in [0.29, 0.717) is 17.9 Å². The maximum absolute atomic E-state index is 11.3. The van der Waals surface area contributed by atoms with Gasteiger partial charge < -0.3 is 19.2 Å². The highest BCUT2D eigenvalue weighted by Gasteiger charge is 2.23. The van der Waals surface area contributed by atoms with Crippen LogP contribution in [0.5, 0.6) is 11.5 Å². The van der Waals surface area contributed by atoms with Gasteiger partial charge in [-0.3, -0.25) is 4.79 Å². The van der Waals surface area contributed by atoms with Crippen molar-refractivity contribution in [2.24, 2.45) is 0 Å². The number of nitrogens with one attached hydrogen (secondary N) is 1. The predicted octanol–water partition coefficient (Wildman–Crippen LogP) is 4.90. The molecule has 0 aliphatic carbocycles. The van der Waals surface area contributed by atoms with Crippen molar-refractivity contribution in [3.8, 4) is 11.5 Å². The lowest BCUT2D eigenvalue weighted by molar-refractivity contribution is -0.145. The number of aromatic amines is 1. The predicted molar refractivity (Wildman–Crippen MR) is 106 cm³/mol. The minimum Gasteiger partial charge on any atom is -0.493 e. The smallest absolute Gasteiger partial charge is 0.302 e. The fourth-order valence-corrected chi connectivity index (χ4v) is 3.90. The number of benzene rings is 2. The van der Waals surface area contributed by atoms with E-state index in [-0.39, 0.29) is 12.1 Å². The van der Waals surface area contributed by atoms with E-state index in [9.17, 15) is 4.79 Å². The number of esters is 1. The summed E-state index contributed by atoms with van der Waals surface area (Å²) in [6.07, 6.45) is 0.335. The zero-order valence-corrected chi connectivity index (χ0v) is 17.1. The van der Waals surface area contributed by atoms with E-state index in [1.807, 2.05) is 26.0 Å². The molecule has 0 aliphatic rings. The van der Waals surface area contributed by atoms with Crippen molar-refractivity contribution < 1.29 is 19.0 Å². The Kier molecular flexibility index (Phi) is 5.14. The summed E-state index contributed by atoms with van der Waals surface area (Å²) in [5.74, 6) is 1.12. The number of hydrogen-bond acceptors (Lipinski definition) is 4. The molecule has 0 saturated carbocycles. The Hall–Kier alpha value is -2.21. The van der Waals surface area contributed by atoms with Crippen LogP contribution in [0.25, 0.3) is 21.8 Å². The molecule has 1 N–H and O–H groups in total. The van der Waals surface area contributed by atoms with Gasteiger partial charge in [0.15, 0.2) is 11.5 Å². The normalized spacial score (nSPS) is 12.4. The molecular formula is C20H22BrNO4.